The average molecular weight is 240 g/mol. The molecule has 1 amide bonds. The molecule has 1 aromatic rings. The molecule has 2 rings (SSSR count). The fraction of sp³-hybridized carbons (Fsp3) is 0.545. The van der Waals surface area contributed by atoms with Crippen LogP contribution in [0, 0.1) is 11.8 Å². The van der Waals surface area contributed by atoms with Gasteiger partial charge in [-0.3, -0.25) is 4.79 Å². The maximum atomic E-state index is 12.0. The number of hydrogen-bond acceptors (Lipinski definition) is 3. The lowest BCUT2D eigenvalue weighted by molar-refractivity contribution is 0.0778. The van der Waals surface area contributed by atoms with Gasteiger partial charge in [0.15, 0.2) is 0 Å². The molecule has 1 aromatic heterocycles. The van der Waals surface area contributed by atoms with Gasteiger partial charge in [0.05, 0.1) is 12.4 Å². The summed E-state index contributed by atoms with van der Waals surface area (Å²) in [5.74, 6) is 1.04. The van der Waals surface area contributed by atoms with Gasteiger partial charge in [0.1, 0.15) is 10.8 Å². The van der Waals surface area contributed by atoms with Crippen LogP contribution in [-0.4, -0.2) is 33.9 Å². The van der Waals surface area contributed by atoms with Crippen molar-refractivity contribution in [3.63, 3.8) is 0 Å². The summed E-state index contributed by atoms with van der Waals surface area (Å²) in [7, 11) is 0. The van der Waals surface area contributed by atoms with E-state index >= 15 is 0 Å². The molecule has 1 aliphatic heterocycles. The highest BCUT2D eigenvalue weighted by molar-refractivity contribution is 6.29. The zero-order chi connectivity index (χ0) is 11.7. The van der Waals surface area contributed by atoms with E-state index in [0.29, 0.717) is 22.7 Å². The molecule has 1 aliphatic rings. The monoisotopic (exact) mass is 239 g/mol. The normalized spacial score (nSPS) is 24.8. The summed E-state index contributed by atoms with van der Waals surface area (Å²) in [6.45, 7) is 5.91. The summed E-state index contributed by atoms with van der Waals surface area (Å²) < 4.78 is 0. The van der Waals surface area contributed by atoms with Crippen LogP contribution < -0.4 is 0 Å². The Balaban J connectivity index is 2.11. The zero-order valence-electron chi connectivity index (χ0n) is 9.35. The van der Waals surface area contributed by atoms with Crippen LogP contribution in [0.4, 0.5) is 0 Å². The molecule has 0 bridgehead atoms. The first-order chi connectivity index (χ1) is 7.58. The Morgan fingerprint density at radius 3 is 2.44 bits per heavy atom. The van der Waals surface area contributed by atoms with Crippen molar-refractivity contribution in [1.29, 1.82) is 0 Å². The number of rotatable bonds is 1. The Morgan fingerprint density at radius 1 is 1.31 bits per heavy atom. The highest BCUT2D eigenvalue weighted by atomic mass is 35.5. The van der Waals surface area contributed by atoms with E-state index in [9.17, 15) is 4.79 Å². The third-order valence-corrected chi connectivity index (χ3v) is 3.31. The van der Waals surface area contributed by atoms with Crippen LogP contribution in [0.15, 0.2) is 12.4 Å². The van der Waals surface area contributed by atoms with Crippen molar-refractivity contribution in [2.45, 2.75) is 13.8 Å². The molecule has 1 saturated heterocycles. The number of hydrogen-bond donors (Lipinski definition) is 0. The minimum atomic E-state index is -0.0552. The van der Waals surface area contributed by atoms with E-state index in [-0.39, 0.29) is 5.91 Å². The number of carbonyl (C=O) groups is 1. The number of amides is 1. The van der Waals surface area contributed by atoms with Gasteiger partial charge in [-0.25, -0.2) is 9.97 Å². The Bertz CT molecular complexity index is 383. The molecule has 0 saturated carbocycles. The van der Waals surface area contributed by atoms with E-state index in [2.05, 4.69) is 23.8 Å². The molecule has 2 atom stereocenters. The Kier molecular flexibility index (Phi) is 3.10. The summed E-state index contributed by atoms with van der Waals surface area (Å²) in [5, 5.41) is 0.305. The van der Waals surface area contributed by atoms with Gasteiger partial charge >= 0.3 is 0 Å². The molecular formula is C11H14ClN3O. The van der Waals surface area contributed by atoms with Crippen LogP contribution in [0.25, 0.3) is 0 Å². The molecule has 0 radical (unpaired) electrons. The molecule has 4 nitrogen and oxygen atoms in total. The van der Waals surface area contributed by atoms with Gasteiger partial charge < -0.3 is 4.90 Å². The molecule has 0 N–H and O–H groups in total. The van der Waals surface area contributed by atoms with Gasteiger partial charge in [-0.2, -0.15) is 0 Å². The van der Waals surface area contributed by atoms with Crippen molar-refractivity contribution < 1.29 is 4.79 Å². The van der Waals surface area contributed by atoms with Crippen molar-refractivity contribution >= 4 is 17.5 Å². The summed E-state index contributed by atoms with van der Waals surface area (Å²) in [6, 6.07) is 0. The first-order valence-corrected chi connectivity index (χ1v) is 5.72. The molecule has 5 heteroatoms. The lowest BCUT2D eigenvalue weighted by Gasteiger charge is -2.14. The minimum absolute atomic E-state index is 0.0552. The summed E-state index contributed by atoms with van der Waals surface area (Å²) >= 11 is 5.62. The van der Waals surface area contributed by atoms with Crippen LogP contribution >= 0.6 is 11.6 Å². The van der Waals surface area contributed by atoms with Crippen LogP contribution in [0.2, 0.25) is 5.15 Å². The van der Waals surface area contributed by atoms with Crippen molar-refractivity contribution in [1.82, 2.24) is 14.9 Å². The van der Waals surface area contributed by atoms with Crippen molar-refractivity contribution in [2.75, 3.05) is 13.1 Å². The lowest BCUT2D eigenvalue weighted by atomic mass is 10.0. The van der Waals surface area contributed by atoms with Crippen molar-refractivity contribution in [3.05, 3.63) is 23.2 Å². The van der Waals surface area contributed by atoms with Gasteiger partial charge in [0, 0.05) is 13.1 Å². The first kappa shape index (κ1) is 11.3. The van der Waals surface area contributed by atoms with Crippen LogP contribution in [0.1, 0.15) is 24.3 Å². The third-order valence-electron chi connectivity index (χ3n) is 3.11. The van der Waals surface area contributed by atoms with Crippen LogP contribution in [0.3, 0.4) is 0 Å². The van der Waals surface area contributed by atoms with E-state index < -0.39 is 0 Å². The summed E-state index contributed by atoms with van der Waals surface area (Å²) in [5.41, 5.74) is 0.366. The largest absolute Gasteiger partial charge is 0.337 e. The molecule has 86 valence electrons. The highest BCUT2D eigenvalue weighted by Gasteiger charge is 2.30. The highest BCUT2D eigenvalue weighted by Crippen LogP contribution is 2.23. The van der Waals surface area contributed by atoms with E-state index in [1.807, 2.05) is 4.90 Å². The number of nitrogens with zero attached hydrogens (tertiary/aromatic N) is 3. The Labute approximate surface area is 99.6 Å². The molecular weight excluding hydrogens is 226 g/mol. The number of halogens is 1. The van der Waals surface area contributed by atoms with Crippen molar-refractivity contribution in [3.8, 4) is 0 Å². The number of carbonyl (C=O) groups excluding carboxylic acids is 1. The SMILES string of the molecule is CC1CN(C(=O)c2cnc(Cl)cn2)CC1C. The average Bonchev–Trinajstić information content (AvgIpc) is 2.59. The quantitative estimate of drug-likeness (QED) is 0.752. The lowest BCUT2D eigenvalue weighted by Crippen LogP contribution is -2.29. The van der Waals surface area contributed by atoms with Gasteiger partial charge in [-0.05, 0) is 11.8 Å². The van der Waals surface area contributed by atoms with Crippen LogP contribution in [-0.2, 0) is 0 Å². The Hall–Kier alpha value is -1.16. The predicted molar refractivity (Wildman–Crippen MR) is 61.3 cm³/mol. The molecule has 2 unspecified atom stereocenters. The maximum absolute atomic E-state index is 12.0. The van der Waals surface area contributed by atoms with Crippen LogP contribution in [0.5, 0.6) is 0 Å². The third kappa shape index (κ3) is 2.16. The van der Waals surface area contributed by atoms with Gasteiger partial charge in [0.2, 0.25) is 0 Å². The zero-order valence-corrected chi connectivity index (χ0v) is 10.1. The molecule has 0 aromatic carbocycles. The second-order valence-corrected chi connectivity index (χ2v) is 4.78. The molecule has 0 aliphatic carbocycles. The van der Waals surface area contributed by atoms with E-state index in [1.165, 1.54) is 12.4 Å². The topological polar surface area (TPSA) is 46.1 Å². The molecule has 2 heterocycles. The summed E-state index contributed by atoms with van der Waals surface area (Å²) in [6.07, 6.45) is 2.83. The number of likely N-dealkylation sites (tertiary alicyclic amines) is 1. The van der Waals surface area contributed by atoms with Crippen molar-refractivity contribution in [2.24, 2.45) is 11.8 Å². The minimum Gasteiger partial charge on any atom is -0.337 e. The molecule has 0 spiro atoms. The standard InChI is InChI=1S/C11H14ClN3O/c1-7-5-15(6-8(7)2)11(16)9-3-14-10(12)4-13-9/h3-4,7-8H,5-6H2,1-2H3. The predicted octanol–water partition coefficient (Wildman–Crippen LogP) is 1.86. The van der Waals surface area contributed by atoms with E-state index in [0.717, 1.165) is 13.1 Å². The second-order valence-electron chi connectivity index (χ2n) is 4.39. The van der Waals surface area contributed by atoms with Gasteiger partial charge in [-0.1, -0.05) is 25.4 Å². The van der Waals surface area contributed by atoms with E-state index in [1.54, 1.807) is 0 Å². The summed E-state index contributed by atoms with van der Waals surface area (Å²) in [4.78, 5) is 21.7. The van der Waals surface area contributed by atoms with Gasteiger partial charge in [-0.15, -0.1) is 0 Å². The fourth-order valence-corrected chi connectivity index (χ4v) is 1.98. The maximum Gasteiger partial charge on any atom is 0.274 e. The fourth-order valence-electron chi connectivity index (χ4n) is 1.88. The first-order valence-electron chi connectivity index (χ1n) is 5.34. The molecule has 16 heavy (non-hydrogen) atoms. The van der Waals surface area contributed by atoms with E-state index in [4.69, 9.17) is 11.6 Å². The van der Waals surface area contributed by atoms with Gasteiger partial charge in [0.25, 0.3) is 5.91 Å². The molecule has 1 fully saturated rings. The smallest absolute Gasteiger partial charge is 0.274 e. The number of aromatic nitrogens is 2. The Morgan fingerprint density at radius 2 is 1.94 bits per heavy atom. The second kappa shape index (κ2) is 4.37.